The number of ether oxygens (including phenoxy) is 4. The minimum absolute atomic E-state index is 0.0224. The van der Waals surface area contributed by atoms with Crippen molar-refractivity contribution in [2.24, 2.45) is 28.8 Å². The van der Waals surface area contributed by atoms with Crippen molar-refractivity contribution < 1.29 is 48.8 Å². The molecule has 3 N–H and O–H groups in total. The Kier molecular flexibility index (Phi) is 17.5. The highest BCUT2D eigenvalue weighted by Gasteiger charge is 2.66. The molecule has 3 aliphatic carbocycles. The van der Waals surface area contributed by atoms with Crippen LogP contribution in [0.1, 0.15) is 74.8 Å². The molecule has 1 heterocycles. The van der Waals surface area contributed by atoms with Gasteiger partial charge in [0.05, 0.1) is 49.6 Å². The number of allylic oxidation sites excluding steroid dienone is 1. The molecular formula is C50H63N3O11S. The van der Waals surface area contributed by atoms with Crippen LogP contribution in [0, 0.1) is 33.8 Å². The van der Waals surface area contributed by atoms with Crippen molar-refractivity contribution in [1.29, 1.82) is 0 Å². The standard InChI is InChI=1S/C50H63N3O11S/c1-2-26-62-50-46(52(22-27-60-28-25-56)49(57)36-16-17-36)33-44(51-63-34-35-14-18-38(19-15-35)53(58)59)42-31-37(10-6-8-23-54)41(13-7-9-24-55)47(48(42)50)43-32-39(20-21-45(43)64-50)61-29-30-65-40-11-4-3-5-12-40/h2-5,11-12,14-15,18-21,31-32,36-37,41,46-48,54-56H,1,6-10,13,16-17,22-30,33-34H2. The molecule has 0 radical (unpaired) electrons. The molecule has 2 saturated carbocycles. The zero-order chi connectivity index (χ0) is 45.6. The van der Waals surface area contributed by atoms with E-state index >= 15 is 0 Å². The number of nitrogens with zero attached hydrogens (tertiary/aromatic N) is 3. The molecule has 15 heteroatoms. The number of hydrogen-bond donors (Lipinski definition) is 3. The fourth-order valence-electron chi connectivity index (χ4n) is 9.79. The van der Waals surface area contributed by atoms with E-state index < -0.39 is 22.7 Å². The number of amides is 1. The molecule has 1 amide bonds. The van der Waals surface area contributed by atoms with E-state index in [1.165, 1.54) is 17.0 Å². The summed E-state index contributed by atoms with van der Waals surface area (Å²) < 4.78 is 26.7. The highest BCUT2D eigenvalue weighted by Crippen LogP contribution is 2.62. The van der Waals surface area contributed by atoms with E-state index in [1.807, 2.05) is 35.2 Å². The second-order valence-electron chi connectivity index (χ2n) is 17.1. The van der Waals surface area contributed by atoms with Crippen molar-refractivity contribution >= 4 is 29.1 Å². The first-order chi connectivity index (χ1) is 31.8. The summed E-state index contributed by atoms with van der Waals surface area (Å²) in [6.45, 7) is 5.24. The minimum Gasteiger partial charge on any atom is -0.493 e. The van der Waals surface area contributed by atoms with E-state index in [9.17, 15) is 30.2 Å². The summed E-state index contributed by atoms with van der Waals surface area (Å²) in [5.41, 5.74) is 3.19. The van der Waals surface area contributed by atoms with E-state index in [0.717, 1.165) is 55.4 Å². The number of carbonyl (C=O) groups is 1. The average molecular weight is 914 g/mol. The number of non-ortho nitro benzene ring substituents is 1. The molecule has 14 nitrogen and oxygen atoms in total. The van der Waals surface area contributed by atoms with Gasteiger partial charge in [-0.2, -0.15) is 0 Å². The first-order valence-electron chi connectivity index (χ1n) is 23.0. The van der Waals surface area contributed by atoms with Gasteiger partial charge in [-0.15, -0.1) is 18.3 Å². The summed E-state index contributed by atoms with van der Waals surface area (Å²) in [6.07, 6.45) is 10.2. The van der Waals surface area contributed by atoms with E-state index in [2.05, 4.69) is 30.9 Å². The Morgan fingerprint density at radius 2 is 1.74 bits per heavy atom. The Balaban J connectivity index is 1.35. The van der Waals surface area contributed by atoms with Gasteiger partial charge in [0, 0.05) is 66.4 Å². The zero-order valence-corrected chi connectivity index (χ0v) is 37.9. The van der Waals surface area contributed by atoms with Crippen LogP contribution in [0.5, 0.6) is 11.5 Å². The van der Waals surface area contributed by atoms with Crippen LogP contribution in [0.4, 0.5) is 5.69 Å². The summed E-state index contributed by atoms with van der Waals surface area (Å²) >= 11 is 1.73. The quantitative estimate of drug-likeness (QED) is 0.0222. The molecule has 4 aliphatic rings. The molecule has 0 aromatic heterocycles. The molecule has 6 atom stereocenters. The number of unbranched alkanes of at least 4 members (excludes halogenated alkanes) is 2. The Hall–Kier alpha value is -4.77. The molecule has 6 unspecified atom stereocenters. The number of carbonyl (C=O) groups excluding carboxylic acids is 1. The van der Waals surface area contributed by atoms with Crippen LogP contribution in [-0.2, 0) is 25.7 Å². The van der Waals surface area contributed by atoms with Gasteiger partial charge in [0.25, 0.3) is 5.69 Å². The van der Waals surface area contributed by atoms with Crippen molar-refractivity contribution in [1.82, 2.24) is 4.90 Å². The van der Waals surface area contributed by atoms with E-state index in [0.29, 0.717) is 42.2 Å². The Bertz CT molecular complexity index is 2100. The fraction of sp³-hybridized carbons (Fsp3) is 0.520. The first kappa shape index (κ1) is 48.2. The van der Waals surface area contributed by atoms with Crippen LogP contribution in [0.15, 0.2) is 107 Å². The smallest absolute Gasteiger partial charge is 0.269 e. The Labute approximate surface area is 385 Å². The lowest BCUT2D eigenvalue weighted by Gasteiger charge is -2.60. The number of fused-ring (bicyclic) bond motifs is 2. The van der Waals surface area contributed by atoms with Crippen molar-refractivity contribution in [3.8, 4) is 11.5 Å². The van der Waals surface area contributed by atoms with Gasteiger partial charge in [0.15, 0.2) is 0 Å². The molecule has 2 fully saturated rings. The summed E-state index contributed by atoms with van der Waals surface area (Å²) in [5.74, 6) is -0.150. The number of benzene rings is 3. The Morgan fingerprint density at radius 1 is 0.969 bits per heavy atom. The molecule has 3 aromatic carbocycles. The number of rotatable bonds is 27. The normalized spacial score (nSPS) is 23.7. The molecule has 0 bridgehead atoms. The molecule has 350 valence electrons. The molecule has 0 saturated heterocycles. The summed E-state index contributed by atoms with van der Waals surface area (Å²) in [6, 6.07) is 21.7. The molecule has 65 heavy (non-hydrogen) atoms. The van der Waals surface area contributed by atoms with E-state index in [1.54, 1.807) is 30.0 Å². The van der Waals surface area contributed by atoms with Gasteiger partial charge in [0.2, 0.25) is 11.7 Å². The fourth-order valence-corrected chi connectivity index (χ4v) is 10.5. The lowest BCUT2D eigenvalue weighted by molar-refractivity contribution is -0.384. The first-order valence-corrected chi connectivity index (χ1v) is 24.0. The van der Waals surface area contributed by atoms with Gasteiger partial charge in [-0.05, 0) is 104 Å². The topological polar surface area (TPSA) is 183 Å². The van der Waals surface area contributed by atoms with Gasteiger partial charge in [-0.1, -0.05) is 48.3 Å². The van der Waals surface area contributed by atoms with Gasteiger partial charge < -0.3 is 44.0 Å². The van der Waals surface area contributed by atoms with E-state index in [-0.39, 0.29) is 94.5 Å². The van der Waals surface area contributed by atoms with Crippen LogP contribution in [0.25, 0.3) is 0 Å². The maximum absolute atomic E-state index is 14.6. The second-order valence-corrected chi connectivity index (χ2v) is 18.3. The maximum atomic E-state index is 14.6. The average Bonchev–Trinajstić information content (AvgIpc) is 4.18. The molecular weight excluding hydrogens is 851 g/mol. The SMILES string of the molecule is C=CCOC12Oc3ccc(OCCSc4ccccc4)cc3C3C(CCCCO)C(CCCCO)C=C(C(=NOCc4ccc([N+](=O)[O-])cc4)CC1N(CCOCCO)C(=O)C1CC1)C32. The molecule has 0 spiro atoms. The number of thioether (sulfide) groups is 1. The predicted octanol–water partition coefficient (Wildman–Crippen LogP) is 7.85. The summed E-state index contributed by atoms with van der Waals surface area (Å²) in [5, 5.41) is 45.7. The van der Waals surface area contributed by atoms with Crippen molar-refractivity contribution in [3.05, 3.63) is 118 Å². The third-order valence-corrected chi connectivity index (χ3v) is 13.8. The number of hydrogen-bond acceptors (Lipinski definition) is 13. The number of nitro groups is 1. The van der Waals surface area contributed by atoms with Gasteiger partial charge >= 0.3 is 0 Å². The van der Waals surface area contributed by atoms with Gasteiger partial charge in [-0.25, -0.2) is 0 Å². The third kappa shape index (κ3) is 11.8. The van der Waals surface area contributed by atoms with Crippen molar-refractivity contribution in [2.45, 2.75) is 87.0 Å². The number of nitro benzene ring substituents is 1. The van der Waals surface area contributed by atoms with E-state index in [4.69, 9.17) is 28.9 Å². The third-order valence-electron chi connectivity index (χ3n) is 12.9. The number of aliphatic hydroxyl groups is 3. The summed E-state index contributed by atoms with van der Waals surface area (Å²) in [4.78, 5) is 34.7. The van der Waals surface area contributed by atoms with Crippen LogP contribution >= 0.6 is 11.8 Å². The summed E-state index contributed by atoms with van der Waals surface area (Å²) in [7, 11) is 0. The Morgan fingerprint density at radius 3 is 2.45 bits per heavy atom. The lowest BCUT2D eigenvalue weighted by Crippen LogP contribution is -2.70. The van der Waals surface area contributed by atoms with Gasteiger partial charge in [-0.3, -0.25) is 14.9 Å². The van der Waals surface area contributed by atoms with Crippen LogP contribution in [-0.4, -0.2) is 107 Å². The second kappa shape index (κ2) is 23.6. The predicted molar refractivity (Wildman–Crippen MR) is 248 cm³/mol. The van der Waals surface area contributed by atoms with Crippen LogP contribution in [0.3, 0.4) is 0 Å². The number of aliphatic hydroxyl groups excluding tert-OH is 3. The highest BCUT2D eigenvalue weighted by molar-refractivity contribution is 7.99. The monoisotopic (exact) mass is 913 g/mol. The molecule has 3 aromatic rings. The van der Waals surface area contributed by atoms with Crippen molar-refractivity contribution in [3.63, 3.8) is 0 Å². The molecule has 7 rings (SSSR count). The lowest BCUT2D eigenvalue weighted by atomic mass is 9.55. The molecule has 1 aliphatic heterocycles. The highest BCUT2D eigenvalue weighted by atomic mass is 32.2. The number of oxime groups is 1. The minimum atomic E-state index is -1.42. The van der Waals surface area contributed by atoms with Gasteiger partial charge in [0.1, 0.15) is 24.1 Å². The largest absolute Gasteiger partial charge is 0.493 e. The maximum Gasteiger partial charge on any atom is 0.269 e. The van der Waals surface area contributed by atoms with Crippen LogP contribution < -0.4 is 9.47 Å². The van der Waals surface area contributed by atoms with Crippen LogP contribution in [0.2, 0.25) is 0 Å². The zero-order valence-electron chi connectivity index (χ0n) is 37.0. The van der Waals surface area contributed by atoms with Crippen molar-refractivity contribution in [2.75, 3.05) is 58.5 Å².